The van der Waals surface area contributed by atoms with Gasteiger partial charge in [0, 0.05) is 17.3 Å². The number of nitrogens with two attached hydrogens (primary N) is 1. The lowest BCUT2D eigenvalue weighted by Crippen LogP contribution is -2.13. The Bertz CT molecular complexity index is 624. The van der Waals surface area contributed by atoms with Gasteiger partial charge in [0.25, 0.3) is 5.91 Å². The number of nitrogen functional groups attached to an aromatic ring is 1. The molecule has 0 aliphatic rings. The van der Waals surface area contributed by atoms with E-state index in [0.717, 1.165) is 24.3 Å². The van der Waals surface area contributed by atoms with Crippen LogP contribution in [0, 0.1) is 5.82 Å². The predicted molar refractivity (Wildman–Crippen MR) is 68.5 cm³/mol. The molecule has 5 N–H and O–H groups in total. The maximum absolute atomic E-state index is 13.5. The second kappa shape index (κ2) is 4.85. The molecule has 0 saturated carbocycles. The second-order valence-corrected chi connectivity index (χ2v) is 3.93. The molecule has 0 atom stereocenters. The number of phenolic OH excluding ortho intramolecular Hbond substituents is 2. The first kappa shape index (κ1) is 12.7. The van der Waals surface area contributed by atoms with Crippen molar-refractivity contribution in [1.29, 1.82) is 0 Å². The molecule has 0 spiro atoms. The molecule has 1 amide bonds. The first-order valence-corrected chi connectivity index (χ1v) is 5.35. The fourth-order valence-electron chi connectivity index (χ4n) is 1.55. The summed E-state index contributed by atoms with van der Waals surface area (Å²) < 4.78 is 13.5. The van der Waals surface area contributed by atoms with Crippen LogP contribution in [0.5, 0.6) is 11.5 Å². The fourth-order valence-corrected chi connectivity index (χ4v) is 1.55. The summed E-state index contributed by atoms with van der Waals surface area (Å²) in [5, 5.41) is 20.9. The van der Waals surface area contributed by atoms with E-state index in [2.05, 4.69) is 5.32 Å². The number of rotatable bonds is 2. The predicted octanol–water partition coefficient (Wildman–Crippen LogP) is 2.07. The highest BCUT2D eigenvalue weighted by molar-refractivity contribution is 6.04. The number of amides is 1. The molecule has 0 aromatic heterocycles. The highest BCUT2D eigenvalue weighted by atomic mass is 19.1. The Morgan fingerprint density at radius 3 is 2.32 bits per heavy atom. The van der Waals surface area contributed by atoms with Crippen LogP contribution in [0.4, 0.5) is 15.8 Å². The third-order valence-corrected chi connectivity index (χ3v) is 2.41. The zero-order valence-electron chi connectivity index (χ0n) is 9.72. The summed E-state index contributed by atoms with van der Waals surface area (Å²) >= 11 is 0. The van der Waals surface area contributed by atoms with E-state index in [1.54, 1.807) is 0 Å². The summed E-state index contributed by atoms with van der Waals surface area (Å²) in [6, 6.07) is 7.24. The van der Waals surface area contributed by atoms with Crippen molar-refractivity contribution in [3.05, 3.63) is 47.8 Å². The molecule has 0 saturated heterocycles. The molecule has 0 radical (unpaired) electrons. The number of hydrogen-bond donors (Lipinski definition) is 4. The van der Waals surface area contributed by atoms with Crippen molar-refractivity contribution in [2.75, 3.05) is 11.1 Å². The molecule has 2 rings (SSSR count). The molecule has 6 heteroatoms. The van der Waals surface area contributed by atoms with Gasteiger partial charge in [0.15, 0.2) is 0 Å². The van der Waals surface area contributed by atoms with Crippen molar-refractivity contribution in [2.45, 2.75) is 0 Å². The van der Waals surface area contributed by atoms with Crippen molar-refractivity contribution in [3.63, 3.8) is 0 Å². The van der Waals surface area contributed by atoms with Gasteiger partial charge >= 0.3 is 0 Å². The van der Waals surface area contributed by atoms with E-state index in [4.69, 9.17) is 5.73 Å². The maximum atomic E-state index is 13.5. The van der Waals surface area contributed by atoms with Crippen LogP contribution in [-0.2, 0) is 0 Å². The van der Waals surface area contributed by atoms with E-state index < -0.39 is 11.7 Å². The van der Waals surface area contributed by atoms with E-state index in [-0.39, 0.29) is 28.4 Å². The Morgan fingerprint density at radius 2 is 1.74 bits per heavy atom. The van der Waals surface area contributed by atoms with Gasteiger partial charge in [-0.15, -0.1) is 0 Å². The van der Waals surface area contributed by atoms with Crippen LogP contribution in [0.25, 0.3) is 0 Å². The average Bonchev–Trinajstić information content (AvgIpc) is 2.31. The third kappa shape index (κ3) is 2.92. The lowest BCUT2D eigenvalue weighted by molar-refractivity contribution is 0.102. The van der Waals surface area contributed by atoms with Gasteiger partial charge in [0.2, 0.25) is 0 Å². The number of phenols is 2. The number of halogens is 1. The lowest BCUT2D eigenvalue weighted by Gasteiger charge is -2.07. The van der Waals surface area contributed by atoms with Gasteiger partial charge < -0.3 is 21.3 Å². The first-order chi connectivity index (χ1) is 8.95. The van der Waals surface area contributed by atoms with E-state index in [1.165, 1.54) is 12.1 Å². The van der Waals surface area contributed by atoms with Crippen LogP contribution < -0.4 is 11.1 Å². The highest BCUT2D eigenvalue weighted by Gasteiger charge is 2.11. The largest absolute Gasteiger partial charge is 0.508 e. The number of carbonyl (C=O) groups excluding carboxylic acids is 1. The second-order valence-electron chi connectivity index (χ2n) is 3.93. The molecule has 0 unspecified atom stereocenters. The number of hydrogen-bond acceptors (Lipinski definition) is 4. The zero-order chi connectivity index (χ0) is 14.0. The van der Waals surface area contributed by atoms with E-state index in [9.17, 15) is 19.4 Å². The summed E-state index contributed by atoms with van der Waals surface area (Å²) in [6.45, 7) is 0. The Hall–Kier alpha value is -2.76. The van der Waals surface area contributed by atoms with Crippen molar-refractivity contribution in [2.24, 2.45) is 0 Å². The zero-order valence-corrected chi connectivity index (χ0v) is 9.72. The Morgan fingerprint density at radius 1 is 1.11 bits per heavy atom. The van der Waals surface area contributed by atoms with Crippen molar-refractivity contribution in [1.82, 2.24) is 0 Å². The number of anilines is 2. The molecular weight excluding hydrogens is 251 g/mol. The Kier molecular flexibility index (Phi) is 3.24. The number of aromatic hydroxyl groups is 2. The molecule has 98 valence electrons. The van der Waals surface area contributed by atoms with Gasteiger partial charge in [-0.2, -0.15) is 0 Å². The average molecular weight is 262 g/mol. The first-order valence-electron chi connectivity index (χ1n) is 5.35. The summed E-state index contributed by atoms with van der Waals surface area (Å²) in [5.41, 5.74) is 5.60. The van der Waals surface area contributed by atoms with E-state index in [0.29, 0.717) is 0 Å². The van der Waals surface area contributed by atoms with Crippen LogP contribution in [0.2, 0.25) is 0 Å². The molecule has 0 fully saturated rings. The normalized spacial score (nSPS) is 10.2. The monoisotopic (exact) mass is 262 g/mol. The minimum atomic E-state index is -0.669. The van der Waals surface area contributed by atoms with Crippen LogP contribution in [0.3, 0.4) is 0 Å². The molecule has 19 heavy (non-hydrogen) atoms. The molecule has 2 aromatic rings. The van der Waals surface area contributed by atoms with Crippen molar-refractivity contribution >= 4 is 17.3 Å². The van der Waals surface area contributed by atoms with Crippen LogP contribution in [0.15, 0.2) is 36.4 Å². The summed E-state index contributed by atoms with van der Waals surface area (Å²) in [6.07, 6.45) is 0. The standard InChI is InChI=1S/C13H11FN2O3/c14-11-5-8(15)1-2-12(11)16-13(19)7-3-9(17)6-10(18)4-7/h1-6,17-18H,15H2,(H,16,19). The van der Waals surface area contributed by atoms with Gasteiger partial charge in [-0.1, -0.05) is 0 Å². The van der Waals surface area contributed by atoms with Gasteiger partial charge in [-0.25, -0.2) is 4.39 Å². The molecule has 0 aliphatic heterocycles. The lowest BCUT2D eigenvalue weighted by atomic mass is 10.2. The summed E-state index contributed by atoms with van der Waals surface area (Å²) in [5.74, 6) is -1.85. The summed E-state index contributed by atoms with van der Waals surface area (Å²) in [4.78, 5) is 11.8. The van der Waals surface area contributed by atoms with Gasteiger partial charge in [0.05, 0.1) is 5.69 Å². The highest BCUT2D eigenvalue weighted by Crippen LogP contribution is 2.22. The summed E-state index contributed by atoms with van der Waals surface area (Å²) in [7, 11) is 0. The van der Waals surface area contributed by atoms with Crippen molar-refractivity contribution in [3.8, 4) is 11.5 Å². The molecule has 0 bridgehead atoms. The van der Waals surface area contributed by atoms with Crippen LogP contribution >= 0.6 is 0 Å². The fraction of sp³-hybridized carbons (Fsp3) is 0. The Labute approximate surface area is 108 Å². The molecule has 0 heterocycles. The van der Waals surface area contributed by atoms with E-state index >= 15 is 0 Å². The molecular formula is C13H11FN2O3. The molecule has 0 aliphatic carbocycles. The minimum absolute atomic E-state index is 0.00808. The van der Waals surface area contributed by atoms with Crippen molar-refractivity contribution < 1.29 is 19.4 Å². The Balaban J connectivity index is 2.25. The maximum Gasteiger partial charge on any atom is 0.256 e. The third-order valence-electron chi connectivity index (χ3n) is 2.41. The van der Waals surface area contributed by atoms with Gasteiger partial charge in [-0.3, -0.25) is 4.79 Å². The van der Waals surface area contributed by atoms with E-state index in [1.807, 2.05) is 0 Å². The SMILES string of the molecule is Nc1ccc(NC(=O)c2cc(O)cc(O)c2)c(F)c1. The number of benzene rings is 2. The van der Waals surface area contributed by atoms with Crippen LogP contribution in [-0.4, -0.2) is 16.1 Å². The number of carbonyl (C=O) groups is 1. The molecule has 5 nitrogen and oxygen atoms in total. The minimum Gasteiger partial charge on any atom is -0.508 e. The van der Waals surface area contributed by atoms with Gasteiger partial charge in [0.1, 0.15) is 17.3 Å². The quantitative estimate of drug-likeness (QED) is 0.623. The number of nitrogens with one attached hydrogen (secondary N) is 1. The smallest absolute Gasteiger partial charge is 0.256 e. The topological polar surface area (TPSA) is 95.6 Å². The molecule has 2 aromatic carbocycles. The van der Waals surface area contributed by atoms with Gasteiger partial charge in [-0.05, 0) is 30.3 Å². The van der Waals surface area contributed by atoms with Crippen LogP contribution in [0.1, 0.15) is 10.4 Å².